The van der Waals surface area contributed by atoms with Gasteiger partial charge in [0.15, 0.2) is 0 Å². The van der Waals surface area contributed by atoms with E-state index in [9.17, 15) is 0 Å². The van der Waals surface area contributed by atoms with Crippen molar-refractivity contribution in [2.24, 2.45) is 0 Å². The van der Waals surface area contributed by atoms with E-state index in [1.165, 1.54) is 11.1 Å². The summed E-state index contributed by atoms with van der Waals surface area (Å²) in [5, 5.41) is 0. The first-order chi connectivity index (χ1) is 10.4. The maximum absolute atomic E-state index is 5.57. The highest BCUT2D eigenvalue weighted by molar-refractivity contribution is 7.80. The molecule has 0 aliphatic carbocycles. The van der Waals surface area contributed by atoms with Crippen molar-refractivity contribution in [2.75, 3.05) is 25.5 Å². The number of benzene rings is 2. The summed E-state index contributed by atoms with van der Waals surface area (Å²) >= 11 is 4.17. The first-order valence-electron chi connectivity index (χ1n) is 7.37. The fourth-order valence-electron chi connectivity index (χ4n) is 2.26. The van der Waals surface area contributed by atoms with Crippen LogP contribution >= 0.6 is 12.6 Å². The Morgan fingerprint density at radius 1 is 0.762 bits per heavy atom. The fraction of sp³-hybridized carbons (Fsp3) is 0.333. The van der Waals surface area contributed by atoms with Gasteiger partial charge in [-0.3, -0.25) is 4.90 Å². The number of thiol groups is 1. The predicted octanol–water partition coefficient (Wildman–Crippen LogP) is 3.64. The molecule has 0 saturated carbocycles. The maximum Gasteiger partial charge on any atom is 0.0594 e. The second kappa shape index (κ2) is 9.61. The van der Waals surface area contributed by atoms with E-state index in [2.05, 4.69) is 78.2 Å². The van der Waals surface area contributed by atoms with Gasteiger partial charge in [0.05, 0.1) is 13.2 Å². The van der Waals surface area contributed by atoms with E-state index >= 15 is 0 Å². The van der Waals surface area contributed by atoms with Crippen LogP contribution in [-0.2, 0) is 17.8 Å². The van der Waals surface area contributed by atoms with Gasteiger partial charge in [0.1, 0.15) is 0 Å². The average Bonchev–Trinajstić information content (AvgIpc) is 2.53. The van der Waals surface area contributed by atoms with Crippen LogP contribution in [-0.4, -0.2) is 30.4 Å². The molecule has 0 atom stereocenters. The van der Waals surface area contributed by atoms with E-state index in [0.717, 1.165) is 32.0 Å². The number of hydrogen-bond acceptors (Lipinski definition) is 3. The fourth-order valence-corrected chi connectivity index (χ4v) is 2.39. The third-order valence-corrected chi connectivity index (χ3v) is 3.47. The lowest BCUT2D eigenvalue weighted by Crippen LogP contribution is -2.27. The molecule has 0 N–H and O–H groups in total. The second-order valence-electron chi connectivity index (χ2n) is 5.02. The molecule has 2 rings (SSSR count). The van der Waals surface area contributed by atoms with E-state index in [-0.39, 0.29) is 0 Å². The predicted molar refractivity (Wildman–Crippen MR) is 91.7 cm³/mol. The Bertz CT molecular complexity index is 448. The molecule has 0 saturated heterocycles. The van der Waals surface area contributed by atoms with Gasteiger partial charge in [-0.05, 0) is 11.1 Å². The van der Waals surface area contributed by atoms with Crippen LogP contribution in [0.2, 0.25) is 0 Å². The maximum atomic E-state index is 5.57. The number of rotatable bonds is 9. The summed E-state index contributed by atoms with van der Waals surface area (Å²) in [7, 11) is 0. The Balaban J connectivity index is 1.93. The van der Waals surface area contributed by atoms with E-state index in [0.29, 0.717) is 6.61 Å². The lowest BCUT2D eigenvalue weighted by Gasteiger charge is -2.22. The Kier molecular flexibility index (Phi) is 7.36. The Labute approximate surface area is 133 Å². The van der Waals surface area contributed by atoms with E-state index in [4.69, 9.17) is 4.74 Å². The second-order valence-corrected chi connectivity index (χ2v) is 5.47. The van der Waals surface area contributed by atoms with Gasteiger partial charge in [0.2, 0.25) is 0 Å². The summed E-state index contributed by atoms with van der Waals surface area (Å²) in [6.07, 6.45) is 0. The van der Waals surface area contributed by atoms with Crippen LogP contribution < -0.4 is 0 Å². The quantitative estimate of drug-likeness (QED) is 0.561. The molecule has 2 aromatic rings. The Hall–Kier alpha value is -1.29. The van der Waals surface area contributed by atoms with Crippen LogP contribution in [0.25, 0.3) is 0 Å². The van der Waals surface area contributed by atoms with Gasteiger partial charge in [-0.25, -0.2) is 0 Å². The normalized spacial score (nSPS) is 11.0. The smallest absolute Gasteiger partial charge is 0.0594 e. The molecule has 2 nitrogen and oxygen atoms in total. The van der Waals surface area contributed by atoms with Gasteiger partial charge in [-0.15, -0.1) is 0 Å². The topological polar surface area (TPSA) is 12.5 Å². The highest BCUT2D eigenvalue weighted by Gasteiger charge is 2.07. The monoisotopic (exact) mass is 301 g/mol. The zero-order valence-corrected chi connectivity index (χ0v) is 13.2. The minimum Gasteiger partial charge on any atom is -0.379 e. The van der Waals surface area contributed by atoms with Gasteiger partial charge in [0.25, 0.3) is 0 Å². The SMILES string of the molecule is SCCOCCN(Cc1ccccc1)Cc1ccccc1. The molecule has 0 bridgehead atoms. The summed E-state index contributed by atoms with van der Waals surface area (Å²) in [6.45, 7) is 4.28. The molecule has 0 radical (unpaired) electrons. The summed E-state index contributed by atoms with van der Waals surface area (Å²) < 4.78 is 5.57. The van der Waals surface area contributed by atoms with Crippen molar-refractivity contribution in [3.8, 4) is 0 Å². The van der Waals surface area contributed by atoms with Crippen LogP contribution in [0, 0.1) is 0 Å². The summed E-state index contributed by atoms with van der Waals surface area (Å²) in [6, 6.07) is 21.2. The largest absolute Gasteiger partial charge is 0.379 e. The standard InChI is InChI=1S/C18H23NOS/c21-14-13-20-12-11-19(15-17-7-3-1-4-8-17)16-18-9-5-2-6-10-18/h1-10,21H,11-16H2. The lowest BCUT2D eigenvalue weighted by molar-refractivity contribution is 0.109. The minimum absolute atomic E-state index is 0.716. The van der Waals surface area contributed by atoms with Crippen LogP contribution in [0.4, 0.5) is 0 Å². The number of hydrogen-bond donors (Lipinski definition) is 1. The van der Waals surface area contributed by atoms with Crippen molar-refractivity contribution in [1.82, 2.24) is 4.90 Å². The average molecular weight is 301 g/mol. The van der Waals surface area contributed by atoms with Crippen LogP contribution in [0.1, 0.15) is 11.1 Å². The highest BCUT2D eigenvalue weighted by atomic mass is 32.1. The molecule has 0 aliphatic rings. The molecular weight excluding hydrogens is 278 g/mol. The Morgan fingerprint density at radius 3 is 1.76 bits per heavy atom. The molecule has 0 heterocycles. The lowest BCUT2D eigenvalue weighted by atomic mass is 10.1. The van der Waals surface area contributed by atoms with Gasteiger partial charge in [-0.2, -0.15) is 12.6 Å². The van der Waals surface area contributed by atoms with Crippen molar-refractivity contribution in [2.45, 2.75) is 13.1 Å². The van der Waals surface area contributed by atoms with Gasteiger partial charge < -0.3 is 4.74 Å². The summed E-state index contributed by atoms with van der Waals surface area (Å²) in [4.78, 5) is 2.42. The van der Waals surface area contributed by atoms with E-state index in [1.807, 2.05) is 0 Å². The molecule has 0 spiro atoms. The third-order valence-electron chi connectivity index (χ3n) is 3.29. The van der Waals surface area contributed by atoms with Gasteiger partial charge in [0, 0.05) is 25.4 Å². The minimum atomic E-state index is 0.716. The van der Waals surface area contributed by atoms with Crippen molar-refractivity contribution < 1.29 is 4.74 Å². The molecule has 112 valence electrons. The molecule has 2 aromatic carbocycles. The van der Waals surface area contributed by atoms with Crippen LogP contribution in [0.3, 0.4) is 0 Å². The molecule has 0 aliphatic heterocycles. The molecule has 0 fully saturated rings. The van der Waals surface area contributed by atoms with E-state index < -0.39 is 0 Å². The van der Waals surface area contributed by atoms with Gasteiger partial charge >= 0.3 is 0 Å². The van der Waals surface area contributed by atoms with Crippen molar-refractivity contribution >= 4 is 12.6 Å². The van der Waals surface area contributed by atoms with E-state index in [1.54, 1.807) is 0 Å². The number of ether oxygens (including phenoxy) is 1. The molecule has 0 aromatic heterocycles. The summed E-state index contributed by atoms with van der Waals surface area (Å²) in [5.41, 5.74) is 2.67. The molecule has 0 amide bonds. The Morgan fingerprint density at radius 2 is 1.29 bits per heavy atom. The molecular formula is C18H23NOS. The first-order valence-corrected chi connectivity index (χ1v) is 8.00. The van der Waals surface area contributed by atoms with Crippen molar-refractivity contribution in [3.05, 3.63) is 71.8 Å². The third kappa shape index (κ3) is 6.34. The number of nitrogens with zero attached hydrogens (tertiary/aromatic N) is 1. The van der Waals surface area contributed by atoms with Crippen LogP contribution in [0.5, 0.6) is 0 Å². The molecule has 3 heteroatoms. The highest BCUT2D eigenvalue weighted by Crippen LogP contribution is 2.09. The van der Waals surface area contributed by atoms with Gasteiger partial charge in [-0.1, -0.05) is 60.7 Å². The first kappa shape index (κ1) is 16.1. The van der Waals surface area contributed by atoms with Crippen molar-refractivity contribution in [1.29, 1.82) is 0 Å². The summed E-state index contributed by atoms with van der Waals surface area (Å²) in [5.74, 6) is 0.775. The van der Waals surface area contributed by atoms with Crippen LogP contribution in [0.15, 0.2) is 60.7 Å². The zero-order chi connectivity index (χ0) is 14.8. The molecule has 21 heavy (non-hydrogen) atoms. The van der Waals surface area contributed by atoms with Crippen molar-refractivity contribution in [3.63, 3.8) is 0 Å². The zero-order valence-electron chi connectivity index (χ0n) is 12.3. The molecule has 0 unspecified atom stereocenters.